The quantitative estimate of drug-likeness (QED) is 0.629. The number of benzene rings is 1. The maximum absolute atomic E-state index is 12.3. The van der Waals surface area contributed by atoms with E-state index in [9.17, 15) is 13.2 Å². The topological polar surface area (TPSA) is 87.3 Å². The van der Waals surface area contributed by atoms with E-state index in [1.165, 1.54) is 12.1 Å². The number of rotatable bonds is 7. The Labute approximate surface area is 170 Å². The van der Waals surface area contributed by atoms with Gasteiger partial charge in [0, 0.05) is 29.6 Å². The van der Waals surface area contributed by atoms with Gasteiger partial charge in [-0.05, 0) is 61.5 Å². The lowest BCUT2D eigenvalue weighted by atomic mass is 10.1. The maximum Gasteiger partial charge on any atom is 0.251 e. The molecule has 0 aliphatic carbocycles. The van der Waals surface area contributed by atoms with E-state index in [0.29, 0.717) is 18.5 Å². The Bertz CT molecular complexity index is 818. The molecule has 3 rings (SSSR count). The molecule has 148 valence electrons. The fourth-order valence-electron chi connectivity index (χ4n) is 2.88. The van der Waals surface area contributed by atoms with Crippen molar-refractivity contribution in [2.75, 3.05) is 19.6 Å². The first kappa shape index (κ1) is 21.8. The van der Waals surface area contributed by atoms with Crippen molar-refractivity contribution < 1.29 is 13.2 Å². The zero-order valence-corrected chi connectivity index (χ0v) is 17.3. The molecule has 27 heavy (non-hydrogen) atoms. The number of thiophene rings is 1. The SMILES string of the molecule is Cl.O=C(N[C@H]1CCCNC1)c1ccc(S(=O)(=O)NCCc2cccs2)cc1. The normalized spacial score (nSPS) is 17.1. The van der Waals surface area contributed by atoms with E-state index in [1.807, 2.05) is 17.5 Å². The summed E-state index contributed by atoms with van der Waals surface area (Å²) in [6.45, 7) is 2.10. The van der Waals surface area contributed by atoms with Crippen LogP contribution in [-0.2, 0) is 16.4 Å². The average Bonchev–Trinajstić information content (AvgIpc) is 3.16. The fourth-order valence-corrected chi connectivity index (χ4v) is 4.62. The predicted molar refractivity (Wildman–Crippen MR) is 110 cm³/mol. The Balaban J connectivity index is 0.00000261. The summed E-state index contributed by atoms with van der Waals surface area (Å²) >= 11 is 1.60. The molecule has 0 radical (unpaired) electrons. The summed E-state index contributed by atoms with van der Waals surface area (Å²) in [5.41, 5.74) is 0.466. The average molecular weight is 430 g/mol. The van der Waals surface area contributed by atoms with Crippen molar-refractivity contribution in [2.24, 2.45) is 0 Å². The lowest BCUT2D eigenvalue weighted by Gasteiger charge is -2.23. The molecule has 2 aromatic rings. The van der Waals surface area contributed by atoms with Crippen LogP contribution in [0.25, 0.3) is 0 Å². The maximum atomic E-state index is 12.3. The Morgan fingerprint density at radius 1 is 1.22 bits per heavy atom. The molecule has 0 saturated carbocycles. The van der Waals surface area contributed by atoms with Gasteiger partial charge >= 0.3 is 0 Å². The molecule has 9 heteroatoms. The third-order valence-electron chi connectivity index (χ3n) is 4.30. The lowest BCUT2D eigenvalue weighted by Crippen LogP contribution is -2.45. The number of hydrogen-bond acceptors (Lipinski definition) is 5. The third kappa shape index (κ3) is 6.29. The van der Waals surface area contributed by atoms with Gasteiger partial charge in [0.2, 0.25) is 10.0 Å². The Kier molecular flexibility index (Phi) is 8.25. The van der Waals surface area contributed by atoms with E-state index >= 15 is 0 Å². The molecular formula is C18H24ClN3O3S2. The third-order valence-corrected chi connectivity index (χ3v) is 6.72. The standard InChI is InChI=1S/C18H23N3O3S2.ClH/c22-18(21-15-3-1-10-19-13-15)14-5-7-17(8-6-14)26(23,24)20-11-9-16-4-2-12-25-16;/h2,4-8,12,15,19-20H,1,3,9-11,13H2,(H,21,22);1H/t15-;/m0./s1. The summed E-state index contributed by atoms with van der Waals surface area (Å²) in [5, 5.41) is 8.20. The number of halogens is 1. The molecule has 1 fully saturated rings. The molecule has 1 atom stereocenters. The number of amides is 1. The van der Waals surface area contributed by atoms with Gasteiger partial charge in [-0.3, -0.25) is 4.79 Å². The van der Waals surface area contributed by atoms with Crippen LogP contribution in [0.2, 0.25) is 0 Å². The minimum Gasteiger partial charge on any atom is -0.348 e. The van der Waals surface area contributed by atoms with E-state index in [-0.39, 0.29) is 29.3 Å². The van der Waals surface area contributed by atoms with Crippen LogP contribution in [-0.4, -0.2) is 40.0 Å². The minimum absolute atomic E-state index is 0. The second-order valence-corrected chi connectivity index (χ2v) is 9.07. The van der Waals surface area contributed by atoms with Gasteiger partial charge in [0.15, 0.2) is 0 Å². The Hall–Kier alpha value is -1.45. The van der Waals surface area contributed by atoms with E-state index in [1.54, 1.807) is 23.5 Å². The number of carbonyl (C=O) groups is 1. The van der Waals surface area contributed by atoms with Crippen molar-refractivity contribution in [3.8, 4) is 0 Å². The second kappa shape index (κ2) is 10.2. The number of carbonyl (C=O) groups excluding carboxylic acids is 1. The monoisotopic (exact) mass is 429 g/mol. The van der Waals surface area contributed by atoms with Crippen molar-refractivity contribution in [3.05, 3.63) is 52.2 Å². The van der Waals surface area contributed by atoms with Crippen molar-refractivity contribution in [1.82, 2.24) is 15.4 Å². The second-order valence-electron chi connectivity index (χ2n) is 6.27. The molecule has 1 aliphatic rings. The van der Waals surface area contributed by atoms with E-state index in [4.69, 9.17) is 0 Å². The molecule has 0 unspecified atom stereocenters. The number of sulfonamides is 1. The first-order valence-electron chi connectivity index (χ1n) is 8.68. The van der Waals surface area contributed by atoms with Gasteiger partial charge in [0.05, 0.1) is 4.90 Å². The first-order chi connectivity index (χ1) is 12.5. The van der Waals surface area contributed by atoms with Gasteiger partial charge in [0.1, 0.15) is 0 Å². The first-order valence-corrected chi connectivity index (χ1v) is 11.0. The van der Waals surface area contributed by atoms with E-state index in [0.717, 1.165) is 30.8 Å². The lowest BCUT2D eigenvalue weighted by molar-refractivity contribution is 0.0930. The van der Waals surface area contributed by atoms with Crippen molar-refractivity contribution >= 4 is 39.7 Å². The van der Waals surface area contributed by atoms with Crippen LogP contribution in [0.3, 0.4) is 0 Å². The highest BCUT2D eigenvalue weighted by Gasteiger charge is 2.18. The van der Waals surface area contributed by atoms with Crippen molar-refractivity contribution in [3.63, 3.8) is 0 Å². The Morgan fingerprint density at radius 2 is 2.00 bits per heavy atom. The Morgan fingerprint density at radius 3 is 2.63 bits per heavy atom. The summed E-state index contributed by atoms with van der Waals surface area (Å²) in [4.78, 5) is 13.6. The highest BCUT2D eigenvalue weighted by Crippen LogP contribution is 2.13. The fraction of sp³-hybridized carbons (Fsp3) is 0.389. The molecule has 0 bridgehead atoms. The zero-order chi connectivity index (χ0) is 18.4. The summed E-state index contributed by atoms with van der Waals surface area (Å²) in [5.74, 6) is -0.173. The summed E-state index contributed by atoms with van der Waals surface area (Å²) in [7, 11) is -3.57. The highest BCUT2D eigenvalue weighted by atomic mass is 35.5. The van der Waals surface area contributed by atoms with Crippen LogP contribution in [0.4, 0.5) is 0 Å². The van der Waals surface area contributed by atoms with Crippen LogP contribution in [0, 0.1) is 0 Å². The molecular weight excluding hydrogens is 406 g/mol. The number of hydrogen-bond donors (Lipinski definition) is 3. The summed E-state index contributed by atoms with van der Waals surface area (Å²) in [6, 6.07) is 10.1. The van der Waals surface area contributed by atoms with Crippen molar-refractivity contribution in [2.45, 2.75) is 30.2 Å². The molecule has 1 aliphatic heterocycles. The molecule has 3 N–H and O–H groups in total. The van der Waals surface area contributed by atoms with Gasteiger partial charge in [-0.15, -0.1) is 23.7 Å². The smallest absolute Gasteiger partial charge is 0.251 e. The summed E-state index contributed by atoms with van der Waals surface area (Å²) < 4.78 is 27.3. The van der Waals surface area contributed by atoms with Crippen LogP contribution < -0.4 is 15.4 Å². The molecule has 1 saturated heterocycles. The molecule has 1 aromatic heterocycles. The largest absolute Gasteiger partial charge is 0.348 e. The molecule has 1 amide bonds. The summed E-state index contributed by atoms with van der Waals surface area (Å²) in [6.07, 6.45) is 2.66. The molecule has 1 aromatic carbocycles. The van der Waals surface area contributed by atoms with Gasteiger partial charge in [-0.2, -0.15) is 0 Å². The number of piperidine rings is 1. The van der Waals surface area contributed by atoms with Crippen molar-refractivity contribution in [1.29, 1.82) is 0 Å². The van der Waals surface area contributed by atoms with Gasteiger partial charge in [-0.25, -0.2) is 13.1 Å². The van der Waals surface area contributed by atoms with Gasteiger partial charge in [-0.1, -0.05) is 6.07 Å². The van der Waals surface area contributed by atoms with Gasteiger partial charge in [0.25, 0.3) is 5.91 Å². The van der Waals surface area contributed by atoms with Crippen LogP contribution >= 0.6 is 23.7 Å². The van der Waals surface area contributed by atoms with Crippen LogP contribution in [0.15, 0.2) is 46.7 Å². The molecule has 2 heterocycles. The van der Waals surface area contributed by atoms with E-state index in [2.05, 4.69) is 15.4 Å². The van der Waals surface area contributed by atoms with E-state index < -0.39 is 10.0 Å². The molecule has 0 spiro atoms. The van der Waals surface area contributed by atoms with Gasteiger partial charge < -0.3 is 10.6 Å². The minimum atomic E-state index is -3.57. The highest BCUT2D eigenvalue weighted by molar-refractivity contribution is 7.89. The van der Waals surface area contributed by atoms with Crippen LogP contribution in [0.1, 0.15) is 28.1 Å². The molecule has 6 nitrogen and oxygen atoms in total. The predicted octanol–water partition coefficient (Wildman–Crippen LogP) is 2.17. The zero-order valence-electron chi connectivity index (χ0n) is 14.8. The van der Waals surface area contributed by atoms with Crippen LogP contribution in [0.5, 0.6) is 0 Å². The number of nitrogens with one attached hydrogen (secondary N) is 3.